The molecule has 1 aromatic carbocycles. The average Bonchev–Trinajstić information content (AvgIpc) is 2.93. The van der Waals surface area contributed by atoms with Crippen LogP contribution in [0, 0.1) is 5.92 Å². The van der Waals surface area contributed by atoms with Crippen LogP contribution >= 0.6 is 0 Å². The van der Waals surface area contributed by atoms with Gasteiger partial charge in [-0.3, -0.25) is 4.79 Å². The van der Waals surface area contributed by atoms with Crippen LogP contribution in [0.25, 0.3) is 0 Å². The van der Waals surface area contributed by atoms with Crippen LogP contribution in [-0.2, 0) is 0 Å². The summed E-state index contributed by atoms with van der Waals surface area (Å²) >= 11 is 0. The van der Waals surface area contributed by atoms with Crippen molar-refractivity contribution in [3.8, 4) is 0 Å². The molecule has 0 heterocycles. The zero-order valence-electron chi connectivity index (χ0n) is 10.5. The number of hydrogen-bond acceptors (Lipinski definition) is 3. The number of benzene rings is 1. The van der Waals surface area contributed by atoms with E-state index in [2.05, 4.69) is 12.2 Å². The maximum Gasteiger partial charge on any atom is 0.253 e. The van der Waals surface area contributed by atoms with Crippen molar-refractivity contribution in [2.75, 3.05) is 24.7 Å². The summed E-state index contributed by atoms with van der Waals surface area (Å²) in [4.78, 5) is 14.0. The molecule has 92 valence electrons. The van der Waals surface area contributed by atoms with Crippen molar-refractivity contribution in [1.82, 2.24) is 5.32 Å². The lowest BCUT2D eigenvalue weighted by Gasteiger charge is -2.17. The minimum atomic E-state index is -0.0321. The Kier molecular flexibility index (Phi) is 2.96. The molecule has 1 fully saturated rings. The lowest BCUT2D eigenvalue weighted by Crippen LogP contribution is -2.28. The fraction of sp³-hybridized carbons (Fsp3) is 0.462. The highest BCUT2D eigenvalue weighted by Gasteiger charge is 2.34. The van der Waals surface area contributed by atoms with Crippen LogP contribution in [0.5, 0.6) is 0 Å². The number of nitrogens with two attached hydrogens (primary N) is 1. The van der Waals surface area contributed by atoms with Gasteiger partial charge in [-0.2, -0.15) is 0 Å². The van der Waals surface area contributed by atoms with Crippen LogP contribution in [0.4, 0.5) is 11.4 Å². The van der Waals surface area contributed by atoms with Crippen molar-refractivity contribution in [2.45, 2.75) is 19.4 Å². The zero-order valence-corrected chi connectivity index (χ0v) is 10.5. The summed E-state index contributed by atoms with van der Waals surface area (Å²) in [5.74, 6) is 0.568. The van der Waals surface area contributed by atoms with Crippen molar-refractivity contribution in [2.24, 2.45) is 5.92 Å². The Hall–Kier alpha value is -1.71. The van der Waals surface area contributed by atoms with Crippen LogP contribution in [-0.4, -0.2) is 26.0 Å². The lowest BCUT2D eigenvalue weighted by molar-refractivity contribution is 0.0950. The van der Waals surface area contributed by atoms with Gasteiger partial charge in [-0.1, -0.05) is 6.92 Å². The number of nitrogens with zero attached hydrogens (tertiary/aromatic N) is 1. The molecule has 1 aliphatic rings. The molecule has 0 spiro atoms. The number of rotatable bonds is 3. The third-order valence-electron chi connectivity index (χ3n) is 3.17. The first-order valence-electron chi connectivity index (χ1n) is 5.86. The Balaban J connectivity index is 2.22. The van der Waals surface area contributed by atoms with E-state index in [1.54, 1.807) is 6.07 Å². The largest absolute Gasteiger partial charge is 0.399 e. The summed E-state index contributed by atoms with van der Waals surface area (Å²) in [6.45, 7) is 2.14. The maximum absolute atomic E-state index is 12.1. The van der Waals surface area contributed by atoms with Gasteiger partial charge in [-0.15, -0.1) is 0 Å². The molecule has 4 nitrogen and oxygen atoms in total. The van der Waals surface area contributed by atoms with Gasteiger partial charge in [0.1, 0.15) is 0 Å². The van der Waals surface area contributed by atoms with E-state index >= 15 is 0 Å². The van der Waals surface area contributed by atoms with Crippen molar-refractivity contribution >= 4 is 17.3 Å². The molecular weight excluding hydrogens is 214 g/mol. The zero-order chi connectivity index (χ0) is 12.6. The van der Waals surface area contributed by atoms with Crippen LogP contribution in [0.2, 0.25) is 0 Å². The van der Waals surface area contributed by atoms with Gasteiger partial charge >= 0.3 is 0 Å². The predicted molar refractivity (Wildman–Crippen MR) is 70.2 cm³/mol. The first-order valence-corrected chi connectivity index (χ1v) is 5.86. The summed E-state index contributed by atoms with van der Waals surface area (Å²) in [5.41, 5.74) is 7.90. The maximum atomic E-state index is 12.1. The quantitative estimate of drug-likeness (QED) is 0.777. The van der Waals surface area contributed by atoms with E-state index < -0.39 is 0 Å². The topological polar surface area (TPSA) is 58.4 Å². The summed E-state index contributed by atoms with van der Waals surface area (Å²) in [7, 11) is 3.84. The van der Waals surface area contributed by atoms with Crippen LogP contribution in [0.1, 0.15) is 23.7 Å². The molecule has 2 atom stereocenters. The SMILES string of the molecule is CC1CC1NC(=O)c1cc(N)ccc1N(C)C. The predicted octanol–water partition coefficient (Wildman–Crippen LogP) is 1.47. The minimum Gasteiger partial charge on any atom is -0.399 e. The standard InChI is InChI=1S/C13H19N3O/c1-8-6-11(8)15-13(17)10-7-9(14)4-5-12(10)16(2)3/h4-5,7-8,11H,6,14H2,1-3H3,(H,15,17). The molecule has 1 saturated carbocycles. The molecule has 1 amide bonds. The molecule has 4 heteroatoms. The third kappa shape index (κ3) is 2.52. The molecule has 2 rings (SSSR count). The highest BCUT2D eigenvalue weighted by atomic mass is 16.1. The summed E-state index contributed by atoms with van der Waals surface area (Å²) in [6.07, 6.45) is 1.07. The smallest absolute Gasteiger partial charge is 0.253 e. The van der Waals surface area contributed by atoms with Gasteiger partial charge in [0.15, 0.2) is 0 Å². The monoisotopic (exact) mass is 233 g/mol. The van der Waals surface area contributed by atoms with Gasteiger partial charge < -0.3 is 16.0 Å². The van der Waals surface area contributed by atoms with E-state index in [1.807, 2.05) is 31.1 Å². The average molecular weight is 233 g/mol. The number of nitrogen functional groups attached to an aromatic ring is 1. The molecular formula is C13H19N3O. The van der Waals surface area contributed by atoms with Gasteiger partial charge in [-0.05, 0) is 30.5 Å². The van der Waals surface area contributed by atoms with Crippen LogP contribution < -0.4 is 16.0 Å². The Bertz CT molecular complexity index is 442. The number of hydrogen-bond donors (Lipinski definition) is 2. The number of anilines is 2. The van der Waals surface area contributed by atoms with Gasteiger partial charge in [0, 0.05) is 31.5 Å². The van der Waals surface area contributed by atoms with Crippen molar-refractivity contribution in [3.63, 3.8) is 0 Å². The molecule has 0 aliphatic heterocycles. The Morgan fingerprint density at radius 2 is 2.12 bits per heavy atom. The van der Waals surface area contributed by atoms with Gasteiger partial charge in [0.05, 0.1) is 5.56 Å². The first-order chi connectivity index (χ1) is 7.99. The van der Waals surface area contributed by atoms with Crippen LogP contribution in [0.15, 0.2) is 18.2 Å². The summed E-state index contributed by atoms with van der Waals surface area (Å²) in [5, 5.41) is 3.02. The second kappa shape index (κ2) is 4.28. The molecule has 0 saturated heterocycles. The lowest BCUT2D eigenvalue weighted by atomic mass is 10.1. The van der Waals surface area contributed by atoms with E-state index in [4.69, 9.17) is 5.73 Å². The van der Waals surface area contributed by atoms with E-state index in [-0.39, 0.29) is 5.91 Å². The van der Waals surface area contributed by atoms with Gasteiger partial charge in [0.2, 0.25) is 0 Å². The molecule has 1 aromatic rings. The second-order valence-electron chi connectivity index (χ2n) is 4.96. The number of amides is 1. The van der Waals surface area contributed by atoms with E-state index in [0.29, 0.717) is 23.2 Å². The Morgan fingerprint density at radius 3 is 2.65 bits per heavy atom. The summed E-state index contributed by atoms with van der Waals surface area (Å²) in [6, 6.07) is 5.75. The van der Waals surface area contributed by atoms with Crippen LogP contribution in [0.3, 0.4) is 0 Å². The Labute approximate surface area is 102 Å². The molecule has 0 aromatic heterocycles. The first kappa shape index (κ1) is 11.8. The normalized spacial score (nSPS) is 22.1. The van der Waals surface area contributed by atoms with E-state index in [9.17, 15) is 4.79 Å². The van der Waals surface area contributed by atoms with Gasteiger partial charge in [0.25, 0.3) is 5.91 Å². The summed E-state index contributed by atoms with van der Waals surface area (Å²) < 4.78 is 0. The highest BCUT2D eigenvalue weighted by molar-refractivity contribution is 6.01. The fourth-order valence-electron chi connectivity index (χ4n) is 1.89. The highest BCUT2D eigenvalue weighted by Crippen LogP contribution is 2.30. The second-order valence-corrected chi connectivity index (χ2v) is 4.96. The van der Waals surface area contributed by atoms with Crippen molar-refractivity contribution in [3.05, 3.63) is 23.8 Å². The van der Waals surface area contributed by atoms with Crippen molar-refractivity contribution in [1.29, 1.82) is 0 Å². The number of nitrogens with one attached hydrogen (secondary N) is 1. The fourth-order valence-corrected chi connectivity index (χ4v) is 1.89. The molecule has 0 bridgehead atoms. The number of carbonyl (C=O) groups is 1. The molecule has 2 unspecified atom stereocenters. The van der Waals surface area contributed by atoms with E-state index in [0.717, 1.165) is 12.1 Å². The minimum absolute atomic E-state index is 0.0321. The third-order valence-corrected chi connectivity index (χ3v) is 3.17. The molecule has 3 N–H and O–H groups in total. The number of carbonyl (C=O) groups excluding carboxylic acids is 1. The van der Waals surface area contributed by atoms with Gasteiger partial charge in [-0.25, -0.2) is 0 Å². The van der Waals surface area contributed by atoms with E-state index in [1.165, 1.54) is 0 Å². The molecule has 1 aliphatic carbocycles. The molecule has 0 radical (unpaired) electrons. The van der Waals surface area contributed by atoms with Crippen molar-refractivity contribution < 1.29 is 4.79 Å². The Morgan fingerprint density at radius 1 is 1.47 bits per heavy atom. The molecule has 17 heavy (non-hydrogen) atoms.